The average Bonchev–Trinajstić information content (AvgIpc) is 3.15. The molecule has 0 saturated carbocycles. The zero-order chi connectivity index (χ0) is 17.6. The first-order valence-electron chi connectivity index (χ1n) is 8.62. The molecule has 0 spiro atoms. The molecule has 0 bridgehead atoms. The van der Waals surface area contributed by atoms with E-state index in [9.17, 15) is 15.2 Å². The third-order valence-electron chi connectivity index (χ3n) is 4.51. The summed E-state index contributed by atoms with van der Waals surface area (Å²) in [6, 6.07) is 5.98. The molecule has 138 valence electrons. The van der Waals surface area contributed by atoms with Crippen LogP contribution >= 0.6 is 0 Å². The molecule has 1 N–H and O–H groups in total. The molecule has 2 atom stereocenters. The number of likely N-dealkylation sites (tertiary alicyclic amines) is 1. The van der Waals surface area contributed by atoms with Crippen LogP contribution in [-0.2, 0) is 9.47 Å². The number of ether oxygens (including phenoxy) is 3. The molecule has 2 unspecified atom stereocenters. The fraction of sp³-hybridized carbons (Fsp3) is 0.647. The molecule has 2 aliphatic rings. The van der Waals surface area contributed by atoms with E-state index >= 15 is 0 Å². The number of hydrogen-bond acceptors (Lipinski definition) is 7. The number of nitro groups is 1. The number of hydrogen-bond donors (Lipinski definition) is 1. The number of aliphatic hydroxyl groups excluding tert-OH is 1. The Morgan fingerprint density at radius 3 is 2.96 bits per heavy atom. The van der Waals surface area contributed by atoms with Gasteiger partial charge in [0.2, 0.25) is 0 Å². The van der Waals surface area contributed by atoms with Crippen LogP contribution in [0.5, 0.6) is 5.75 Å². The first kappa shape index (κ1) is 18.1. The topological polar surface area (TPSA) is 94.3 Å². The minimum absolute atomic E-state index is 0.0255. The van der Waals surface area contributed by atoms with Crippen LogP contribution in [0.1, 0.15) is 12.8 Å². The second-order valence-corrected chi connectivity index (χ2v) is 6.49. The summed E-state index contributed by atoms with van der Waals surface area (Å²) in [5, 5.41) is 21.0. The molecule has 1 aromatic rings. The van der Waals surface area contributed by atoms with Gasteiger partial charge in [-0.3, -0.25) is 10.1 Å². The Kier molecular flexibility index (Phi) is 6.19. The number of non-ortho nitro benzene ring substituents is 1. The number of aliphatic hydroxyl groups is 1. The van der Waals surface area contributed by atoms with Gasteiger partial charge in [-0.05, 0) is 25.5 Å². The van der Waals surface area contributed by atoms with E-state index in [-0.39, 0.29) is 18.6 Å². The molecule has 25 heavy (non-hydrogen) atoms. The third-order valence-corrected chi connectivity index (χ3v) is 4.51. The van der Waals surface area contributed by atoms with Crippen molar-refractivity contribution in [2.45, 2.75) is 25.2 Å². The lowest BCUT2D eigenvalue weighted by molar-refractivity contribution is -0.384. The van der Waals surface area contributed by atoms with Crippen LogP contribution in [0.4, 0.5) is 5.69 Å². The molecule has 0 aromatic heterocycles. The lowest BCUT2D eigenvalue weighted by Gasteiger charge is -2.35. The standard InChI is InChI=1S/C17H24N2O6/c20-15(12-25-16-5-1-4-14(9-16)19(21)22)11-18-6-2-3-13(10-18)17-23-7-8-24-17/h1,4-5,9,13,15,17,20H,2-3,6-8,10-12H2. The molecular weight excluding hydrogens is 328 g/mol. The highest BCUT2D eigenvalue weighted by atomic mass is 16.7. The summed E-state index contributed by atoms with van der Waals surface area (Å²) in [6.07, 6.45) is 1.33. The summed E-state index contributed by atoms with van der Waals surface area (Å²) in [7, 11) is 0. The van der Waals surface area contributed by atoms with Crippen molar-refractivity contribution in [1.82, 2.24) is 4.90 Å². The van der Waals surface area contributed by atoms with E-state index in [1.54, 1.807) is 12.1 Å². The van der Waals surface area contributed by atoms with Gasteiger partial charge in [0.05, 0.1) is 24.2 Å². The van der Waals surface area contributed by atoms with Crippen molar-refractivity contribution in [3.8, 4) is 5.75 Å². The van der Waals surface area contributed by atoms with E-state index in [1.165, 1.54) is 12.1 Å². The summed E-state index contributed by atoms with van der Waals surface area (Å²) in [5.41, 5.74) is -0.0255. The van der Waals surface area contributed by atoms with Gasteiger partial charge in [0.15, 0.2) is 6.29 Å². The Labute approximate surface area is 146 Å². The van der Waals surface area contributed by atoms with Gasteiger partial charge in [-0.2, -0.15) is 0 Å². The van der Waals surface area contributed by atoms with Crippen molar-refractivity contribution < 1.29 is 24.2 Å². The second-order valence-electron chi connectivity index (χ2n) is 6.49. The van der Waals surface area contributed by atoms with Crippen LogP contribution < -0.4 is 4.74 Å². The van der Waals surface area contributed by atoms with Gasteiger partial charge in [0.1, 0.15) is 18.5 Å². The molecule has 8 nitrogen and oxygen atoms in total. The molecule has 2 heterocycles. The maximum atomic E-state index is 10.8. The minimum atomic E-state index is -0.663. The molecular formula is C17H24N2O6. The van der Waals surface area contributed by atoms with E-state index in [1.807, 2.05) is 0 Å². The number of nitro benzene ring substituents is 1. The minimum Gasteiger partial charge on any atom is -0.491 e. The third kappa shape index (κ3) is 5.12. The first-order valence-corrected chi connectivity index (χ1v) is 8.62. The fourth-order valence-electron chi connectivity index (χ4n) is 3.36. The van der Waals surface area contributed by atoms with E-state index in [2.05, 4.69) is 4.90 Å². The Bertz CT molecular complexity index is 578. The summed E-state index contributed by atoms with van der Waals surface area (Å²) < 4.78 is 16.7. The van der Waals surface area contributed by atoms with E-state index in [0.717, 1.165) is 25.9 Å². The van der Waals surface area contributed by atoms with Crippen molar-refractivity contribution in [1.29, 1.82) is 0 Å². The number of rotatable bonds is 7. The van der Waals surface area contributed by atoms with Gasteiger partial charge in [-0.1, -0.05) is 6.07 Å². The quantitative estimate of drug-likeness (QED) is 0.586. The summed E-state index contributed by atoms with van der Waals surface area (Å²) >= 11 is 0. The molecule has 2 saturated heterocycles. The second kappa shape index (κ2) is 8.57. The summed E-state index contributed by atoms with van der Waals surface area (Å²) in [6.45, 7) is 3.66. The molecule has 2 fully saturated rings. The van der Waals surface area contributed by atoms with Gasteiger partial charge < -0.3 is 24.2 Å². The summed E-state index contributed by atoms with van der Waals surface area (Å²) in [4.78, 5) is 12.5. The van der Waals surface area contributed by atoms with Crippen molar-refractivity contribution in [2.75, 3.05) is 39.5 Å². The number of β-amino-alcohol motifs (C(OH)–C–C–N with tert-alkyl or cyclic N) is 1. The van der Waals surface area contributed by atoms with Crippen LogP contribution in [0.3, 0.4) is 0 Å². The van der Waals surface area contributed by atoms with Crippen LogP contribution in [0.2, 0.25) is 0 Å². The van der Waals surface area contributed by atoms with Crippen LogP contribution in [0.15, 0.2) is 24.3 Å². The predicted octanol–water partition coefficient (Wildman–Crippen LogP) is 1.42. The lowest BCUT2D eigenvalue weighted by atomic mass is 9.97. The normalized spacial score (nSPS) is 23.5. The predicted molar refractivity (Wildman–Crippen MR) is 89.5 cm³/mol. The van der Waals surface area contributed by atoms with Crippen molar-refractivity contribution in [3.63, 3.8) is 0 Å². The van der Waals surface area contributed by atoms with E-state index in [0.29, 0.717) is 31.4 Å². The van der Waals surface area contributed by atoms with Gasteiger partial charge in [0.25, 0.3) is 5.69 Å². The van der Waals surface area contributed by atoms with E-state index in [4.69, 9.17) is 14.2 Å². The molecule has 0 radical (unpaired) electrons. The van der Waals surface area contributed by atoms with Gasteiger partial charge in [0, 0.05) is 25.1 Å². The van der Waals surface area contributed by atoms with Crippen LogP contribution in [0, 0.1) is 16.0 Å². The first-order chi connectivity index (χ1) is 12.1. The molecule has 2 aliphatic heterocycles. The summed E-state index contributed by atoms with van der Waals surface area (Å²) in [5.74, 6) is 0.721. The Balaban J connectivity index is 1.44. The Morgan fingerprint density at radius 1 is 1.40 bits per heavy atom. The van der Waals surface area contributed by atoms with Gasteiger partial charge in [-0.25, -0.2) is 0 Å². The smallest absolute Gasteiger partial charge is 0.273 e. The fourth-order valence-corrected chi connectivity index (χ4v) is 3.36. The highest BCUT2D eigenvalue weighted by Gasteiger charge is 2.31. The zero-order valence-corrected chi connectivity index (χ0v) is 14.1. The Morgan fingerprint density at radius 2 is 2.20 bits per heavy atom. The van der Waals surface area contributed by atoms with Crippen LogP contribution in [-0.4, -0.2) is 66.8 Å². The van der Waals surface area contributed by atoms with Gasteiger partial charge in [-0.15, -0.1) is 0 Å². The SMILES string of the molecule is O=[N+]([O-])c1cccc(OCC(O)CN2CCCC(C3OCCO3)C2)c1. The molecule has 0 aliphatic carbocycles. The van der Waals surface area contributed by atoms with Crippen molar-refractivity contribution in [3.05, 3.63) is 34.4 Å². The Hall–Kier alpha value is -1.74. The molecule has 0 amide bonds. The highest BCUT2D eigenvalue weighted by Crippen LogP contribution is 2.25. The number of piperidine rings is 1. The molecule has 8 heteroatoms. The maximum Gasteiger partial charge on any atom is 0.273 e. The molecule has 1 aromatic carbocycles. The number of nitrogens with zero attached hydrogens (tertiary/aromatic N) is 2. The monoisotopic (exact) mass is 352 g/mol. The van der Waals surface area contributed by atoms with Crippen LogP contribution in [0.25, 0.3) is 0 Å². The maximum absolute atomic E-state index is 10.8. The van der Waals surface area contributed by atoms with Gasteiger partial charge >= 0.3 is 0 Å². The lowest BCUT2D eigenvalue weighted by Crippen LogP contribution is -2.44. The van der Waals surface area contributed by atoms with Crippen molar-refractivity contribution in [2.24, 2.45) is 5.92 Å². The number of benzene rings is 1. The van der Waals surface area contributed by atoms with Crippen molar-refractivity contribution >= 4 is 5.69 Å². The zero-order valence-electron chi connectivity index (χ0n) is 14.1. The van der Waals surface area contributed by atoms with E-state index < -0.39 is 11.0 Å². The largest absolute Gasteiger partial charge is 0.491 e. The molecule has 3 rings (SSSR count). The highest BCUT2D eigenvalue weighted by molar-refractivity contribution is 5.37. The average molecular weight is 352 g/mol.